The SMILES string of the molecule is CCCNC(=O)N[C@H](C(C)C)[C@H]1c2cc(OC)c(OC)cc2CC[NH+]1CC. The third-order valence-corrected chi connectivity index (χ3v) is 5.50. The number of hydrogen-bond acceptors (Lipinski definition) is 3. The van der Waals surface area contributed by atoms with Gasteiger partial charge in [-0.3, -0.25) is 0 Å². The van der Waals surface area contributed by atoms with Crippen LogP contribution in [0.1, 0.15) is 51.3 Å². The molecule has 1 aliphatic rings. The van der Waals surface area contributed by atoms with Crippen LogP contribution in [0, 0.1) is 5.92 Å². The van der Waals surface area contributed by atoms with E-state index in [-0.39, 0.29) is 18.1 Å². The zero-order valence-electron chi connectivity index (χ0n) is 17.6. The van der Waals surface area contributed by atoms with Gasteiger partial charge >= 0.3 is 6.03 Å². The molecule has 6 heteroatoms. The highest BCUT2D eigenvalue weighted by Gasteiger charge is 2.39. The molecule has 6 nitrogen and oxygen atoms in total. The van der Waals surface area contributed by atoms with E-state index in [4.69, 9.17) is 9.47 Å². The predicted molar refractivity (Wildman–Crippen MR) is 108 cm³/mol. The molecule has 0 saturated carbocycles. The Kier molecular flexibility index (Phi) is 7.78. The number of rotatable bonds is 8. The number of methoxy groups -OCH3 is 2. The summed E-state index contributed by atoms with van der Waals surface area (Å²) in [4.78, 5) is 13.9. The number of likely N-dealkylation sites (N-methyl/N-ethyl adjacent to an activating group) is 1. The van der Waals surface area contributed by atoms with Crippen molar-refractivity contribution in [2.75, 3.05) is 33.9 Å². The molecule has 0 radical (unpaired) electrons. The lowest BCUT2D eigenvalue weighted by atomic mass is 9.83. The molecule has 27 heavy (non-hydrogen) atoms. The van der Waals surface area contributed by atoms with Gasteiger partial charge < -0.3 is 25.0 Å². The summed E-state index contributed by atoms with van der Waals surface area (Å²) < 4.78 is 11.1. The molecule has 1 unspecified atom stereocenters. The van der Waals surface area contributed by atoms with Gasteiger partial charge in [0, 0.05) is 18.5 Å². The Bertz CT molecular complexity index is 633. The average Bonchev–Trinajstić information content (AvgIpc) is 2.68. The van der Waals surface area contributed by atoms with Gasteiger partial charge in [-0.2, -0.15) is 0 Å². The highest BCUT2D eigenvalue weighted by atomic mass is 16.5. The number of quaternary nitrogens is 1. The molecule has 2 rings (SSSR count). The number of nitrogens with one attached hydrogen (secondary N) is 3. The summed E-state index contributed by atoms with van der Waals surface area (Å²) in [5.41, 5.74) is 2.54. The molecule has 1 heterocycles. The van der Waals surface area contributed by atoms with Crippen molar-refractivity contribution in [3.8, 4) is 11.5 Å². The minimum atomic E-state index is -0.0846. The van der Waals surface area contributed by atoms with E-state index in [1.165, 1.54) is 16.0 Å². The Balaban J connectivity index is 2.43. The summed E-state index contributed by atoms with van der Waals surface area (Å²) in [5, 5.41) is 6.20. The van der Waals surface area contributed by atoms with Gasteiger partial charge in [-0.15, -0.1) is 0 Å². The number of amides is 2. The molecular formula is C21H36N3O3+. The Morgan fingerprint density at radius 3 is 2.44 bits per heavy atom. The van der Waals surface area contributed by atoms with E-state index in [1.807, 2.05) is 0 Å². The van der Waals surface area contributed by atoms with Gasteiger partial charge in [0.1, 0.15) is 6.04 Å². The molecule has 3 atom stereocenters. The van der Waals surface area contributed by atoms with E-state index < -0.39 is 0 Å². The lowest BCUT2D eigenvalue weighted by Gasteiger charge is -2.40. The van der Waals surface area contributed by atoms with Crippen molar-refractivity contribution in [2.45, 2.75) is 52.6 Å². The number of carbonyl (C=O) groups excluding carboxylic acids is 1. The van der Waals surface area contributed by atoms with E-state index in [0.29, 0.717) is 12.5 Å². The second-order valence-electron chi connectivity index (χ2n) is 7.57. The average molecular weight is 379 g/mol. The van der Waals surface area contributed by atoms with E-state index >= 15 is 0 Å². The topological polar surface area (TPSA) is 64.0 Å². The number of carbonyl (C=O) groups is 1. The van der Waals surface area contributed by atoms with Crippen molar-refractivity contribution in [3.05, 3.63) is 23.3 Å². The molecule has 1 aromatic carbocycles. The fourth-order valence-electron chi connectivity index (χ4n) is 4.03. The zero-order valence-corrected chi connectivity index (χ0v) is 17.6. The van der Waals surface area contributed by atoms with Crippen molar-refractivity contribution in [1.29, 1.82) is 0 Å². The fourth-order valence-corrected chi connectivity index (χ4v) is 4.03. The number of urea groups is 1. The first-order valence-electron chi connectivity index (χ1n) is 10.1. The Hall–Kier alpha value is -1.95. The quantitative estimate of drug-likeness (QED) is 0.648. The third kappa shape index (κ3) is 4.86. The largest absolute Gasteiger partial charge is 0.493 e. The predicted octanol–water partition coefficient (Wildman–Crippen LogP) is 1.94. The summed E-state index contributed by atoms with van der Waals surface area (Å²) >= 11 is 0. The molecule has 1 aromatic rings. The van der Waals surface area contributed by atoms with E-state index in [9.17, 15) is 4.79 Å². The van der Waals surface area contributed by atoms with Gasteiger partial charge in [-0.05, 0) is 37.0 Å². The van der Waals surface area contributed by atoms with Crippen LogP contribution in [0.3, 0.4) is 0 Å². The Morgan fingerprint density at radius 1 is 1.22 bits per heavy atom. The number of hydrogen-bond donors (Lipinski definition) is 3. The maximum atomic E-state index is 12.4. The van der Waals surface area contributed by atoms with Crippen LogP contribution in [0.15, 0.2) is 12.1 Å². The van der Waals surface area contributed by atoms with Crippen LogP contribution in [-0.4, -0.2) is 45.9 Å². The first-order chi connectivity index (χ1) is 13.0. The van der Waals surface area contributed by atoms with Gasteiger partial charge in [0.2, 0.25) is 0 Å². The molecule has 0 bridgehead atoms. The standard InChI is InChI=1S/C21H35N3O3/c1-7-10-22-21(25)23-19(14(3)4)20-16-13-18(27-6)17(26-5)12-15(16)9-11-24(20)8-2/h12-14,19-20H,7-11H2,1-6H3,(H2,22,23,25)/p+1/t19-,20-/m1/s1. The number of benzene rings is 1. The van der Waals surface area contributed by atoms with Crippen molar-refractivity contribution in [2.24, 2.45) is 5.92 Å². The second kappa shape index (κ2) is 9.83. The minimum Gasteiger partial charge on any atom is -0.493 e. The third-order valence-electron chi connectivity index (χ3n) is 5.50. The summed E-state index contributed by atoms with van der Waals surface area (Å²) in [6, 6.07) is 4.34. The van der Waals surface area contributed by atoms with Crippen LogP contribution in [-0.2, 0) is 6.42 Å². The van der Waals surface area contributed by atoms with Crippen molar-refractivity contribution in [3.63, 3.8) is 0 Å². The number of fused-ring (bicyclic) bond motifs is 1. The summed E-state index contributed by atoms with van der Waals surface area (Å²) in [6.45, 7) is 11.4. The molecule has 1 aliphatic heterocycles. The van der Waals surface area contributed by atoms with Crippen LogP contribution in [0.4, 0.5) is 4.79 Å². The minimum absolute atomic E-state index is 0.0361. The summed E-state index contributed by atoms with van der Waals surface area (Å²) in [5.74, 6) is 1.82. The molecule has 0 aliphatic carbocycles. The Morgan fingerprint density at radius 2 is 1.89 bits per heavy atom. The molecule has 152 valence electrons. The van der Waals surface area contributed by atoms with E-state index in [0.717, 1.165) is 37.4 Å². The van der Waals surface area contributed by atoms with Crippen LogP contribution < -0.4 is 25.0 Å². The first-order valence-corrected chi connectivity index (χ1v) is 10.1. The van der Waals surface area contributed by atoms with Gasteiger partial charge in [0.25, 0.3) is 0 Å². The molecule has 0 fully saturated rings. The normalized spacial score (nSPS) is 20.0. The van der Waals surface area contributed by atoms with Crippen molar-refractivity contribution >= 4 is 6.03 Å². The monoisotopic (exact) mass is 378 g/mol. The highest BCUT2D eigenvalue weighted by Crippen LogP contribution is 2.35. The Labute approximate surface area is 163 Å². The van der Waals surface area contributed by atoms with Crippen molar-refractivity contribution < 1.29 is 19.2 Å². The highest BCUT2D eigenvalue weighted by molar-refractivity contribution is 5.74. The molecule has 0 spiro atoms. The molecular weight excluding hydrogens is 342 g/mol. The maximum Gasteiger partial charge on any atom is 0.315 e. The van der Waals surface area contributed by atoms with Crippen LogP contribution in [0.25, 0.3) is 0 Å². The lowest BCUT2D eigenvalue weighted by molar-refractivity contribution is -0.934. The molecule has 3 N–H and O–H groups in total. The summed E-state index contributed by atoms with van der Waals surface area (Å²) in [7, 11) is 3.34. The molecule has 0 saturated heterocycles. The molecule has 0 aromatic heterocycles. The van der Waals surface area contributed by atoms with Crippen LogP contribution in [0.2, 0.25) is 0 Å². The van der Waals surface area contributed by atoms with Gasteiger partial charge in [-0.1, -0.05) is 20.8 Å². The lowest BCUT2D eigenvalue weighted by Crippen LogP contribution is -3.14. The smallest absolute Gasteiger partial charge is 0.315 e. The summed E-state index contributed by atoms with van der Waals surface area (Å²) in [6.07, 6.45) is 1.93. The zero-order chi connectivity index (χ0) is 20.0. The van der Waals surface area contributed by atoms with E-state index in [1.54, 1.807) is 14.2 Å². The van der Waals surface area contributed by atoms with Gasteiger partial charge in [-0.25, -0.2) is 4.79 Å². The van der Waals surface area contributed by atoms with Gasteiger partial charge in [0.15, 0.2) is 11.5 Å². The first kappa shape index (κ1) is 21.4. The van der Waals surface area contributed by atoms with Crippen molar-refractivity contribution in [1.82, 2.24) is 10.6 Å². The number of ether oxygens (including phenoxy) is 2. The van der Waals surface area contributed by atoms with Crippen LogP contribution in [0.5, 0.6) is 11.5 Å². The second-order valence-corrected chi connectivity index (χ2v) is 7.57. The molecule has 2 amide bonds. The fraction of sp³-hybridized carbons (Fsp3) is 0.667. The van der Waals surface area contributed by atoms with Crippen LogP contribution >= 0.6 is 0 Å². The van der Waals surface area contributed by atoms with E-state index in [2.05, 4.69) is 50.5 Å². The maximum absolute atomic E-state index is 12.4. The van der Waals surface area contributed by atoms with Gasteiger partial charge in [0.05, 0.1) is 33.4 Å².